The molecule has 0 aromatic carbocycles. The lowest BCUT2D eigenvalue weighted by molar-refractivity contribution is -0.434. The van der Waals surface area contributed by atoms with Crippen LogP contribution in [0.2, 0.25) is 0 Å². The Hall–Kier alpha value is -1.92. The normalized spacial score (nSPS) is 15.1. The van der Waals surface area contributed by atoms with Crippen molar-refractivity contribution < 1.29 is 74.4 Å². The van der Waals surface area contributed by atoms with Gasteiger partial charge in [-0.3, -0.25) is 9.54 Å². The van der Waals surface area contributed by atoms with Gasteiger partial charge in [0.25, 0.3) is 0 Å². The molecule has 0 aliphatic heterocycles. The van der Waals surface area contributed by atoms with E-state index in [0.717, 1.165) is 0 Å². The summed E-state index contributed by atoms with van der Waals surface area (Å²) in [6.45, 7) is -1.21. The fourth-order valence-electron chi connectivity index (χ4n) is 1.52. The topological polar surface area (TPSA) is 67.3 Å². The molecule has 0 saturated carbocycles. The van der Waals surface area contributed by atoms with Crippen LogP contribution in [0.15, 0.2) is 30.6 Å². The van der Waals surface area contributed by atoms with Gasteiger partial charge in [0.2, 0.25) is 0 Å². The Bertz CT molecular complexity index is 841. The summed E-state index contributed by atoms with van der Waals surface area (Å²) >= 11 is 0. The highest BCUT2D eigenvalue weighted by Crippen LogP contribution is 2.62. The minimum atomic E-state index is -8.38. The third-order valence-electron chi connectivity index (χ3n) is 3.38. The van der Waals surface area contributed by atoms with Crippen molar-refractivity contribution in [3.8, 4) is 0 Å². The monoisotopic (exact) mass is 525 g/mol. The minimum absolute atomic E-state index is 1.21. The van der Waals surface area contributed by atoms with Crippen molar-refractivity contribution in [1.29, 1.82) is 0 Å². The number of alkyl halides is 14. The third kappa shape index (κ3) is 4.58. The van der Waals surface area contributed by atoms with Crippen LogP contribution in [0.3, 0.4) is 0 Å². The van der Waals surface area contributed by atoms with Gasteiger partial charge in [-0.25, -0.2) is 0 Å². The molecule has 0 radical (unpaired) electrons. The Kier molecular flexibility index (Phi) is 7.95. The van der Waals surface area contributed by atoms with Crippen LogP contribution >= 0.6 is 0 Å². The molecule has 19 heteroatoms. The maximum absolute atomic E-state index is 13.0. The first-order chi connectivity index (χ1) is 13.8. The quantitative estimate of drug-likeness (QED) is 0.384. The molecule has 1 aromatic rings. The maximum Gasteiger partial charge on any atom is 0.438 e. The first-order valence-corrected chi connectivity index (χ1v) is 8.66. The summed E-state index contributed by atoms with van der Waals surface area (Å²) in [7, 11) is -7.69. The zero-order valence-electron chi connectivity index (χ0n) is 14.8. The van der Waals surface area contributed by atoms with Gasteiger partial charge >= 0.3 is 50.9 Å². The molecule has 1 N–H and O–H groups in total. The highest BCUT2D eigenvalue weighted by atomic mass is 32.2. The van der Waals surface area contributed by atoms with Crippen molar-refractivity contribution in [2.24, 2.45) is 0 Å². The molecule has 1 rings (SSSR count). The van der Waals surface area contributed by atoms with Gasteiger partial charge in [-0.1, -0.05) is 6.07 Å². The third-order valence-corrected chi connectivity index (χ3v) is 4.29. The summed E-state index contributed by atoms with van der Waals surface area (Å²) in [5.41, 5.74) is 0. The highest BCUT2D eigenvalue weighted by Gasteiger charge is 2.93. The van der Waals surface area contributed by atoms with Crippen molar-refractivity contribution in [2.75, 3.05) is 0 Å². The van der Waals surface area contributed by atoms with Crippen molar-refractivity contribution in [1.82, 2.24) is 4.98 Å². The molecule has 0 saturated heterocycles. The molecule has 0 spiro atoms. The second-order valence-electron chi connectivity index (χ2n) is 5.78. The number of pyridine rings is 1. The molecular formula is C13H9F14NO3S. The van der Waals surface area contributed by atoms with E-state index in [1.54, 1.807) is 12.4 Å². The Balaban J connectivity index is 0.00000136. The van der Waals surface area contributed by atoms with Crippen LogP contribution < -0.4 is 0 Å². The summed E-state index contributed by atoms with van der Waals surface area (Å²) in [5.74, 6) is -46.7. The maximum atomic E-state index is 13.0. The zero-order valence-corrected chi connectivity index (χ0v) is 15.6. The van der Waals surface area contributed by atoms with E-state index in [2.05, 4.69) is 4.98 Å². The van der Waals surface area contributed by atoms with Gasteiger partial charge in [0.1, 0.15) is 0 Å². The van der Waals surface area contributed by atoms with Gasteiger partial charge in [0.15, 0.2) is 0 Å². The van der Waals surface area contributed by atoms with E-state index in [-0.39, 0.29) is 0 Å². The molecule has 1 heterocycles. The first kappa shape index (κ1) is 30.1. The fraction of sp³-hybridized carbons (Fsp3) is 0.615. The summed E-state index contributed by atoms with van der Waals surface area (Å²) < 4.78 is 207. The number of hydrogen-bond donors (Lipinski definition) is 1. The van der Waals surface area contributed by atoms with E-state index < -0.39 is 57.8 Å². The average Bonchev–Trinajstić information content (AvgIpc) is 2.61. The number of hydrogen-bond acceptors (Lipinski definition) is 3. The Morgan fingerprint density at radius 2 is 0.906 bits per heavy atom. The van der Waals surface area contributed by atoms with Crippen LogP contribution in [0, 0.1) is 0 Å². The zero-order chi connectivity index (χ0) is 26.2. The van der Waals surface area contributed by atoms with Crippen molar-refractivity contribution >= 4 is 10.1 Å². The molecule has 0 atom stereocenters. The lowest BCUT2D eigenvalue weighted by atomic mass is 9.92. The molecule has 0 bridgehead atoms. The van der Waals surface area contributed by atoms with Crippen molar-refractivity contribution in [2.45, 2.75) is 47.7 Å². The van der Waals surface area contributed by atoms with Crippen molar-refractivity contribution in [3.63, 3.8) is 0 Å². The first-order valence-electron chi connectivity index (χ1n) is 7.22. The van der Waals surface area contributed by atoms with Crippen LogP contribution in [0.1, 0.15) is 6.92 Å². The van der Waals surface area contributed by atoms with E-state index in [1.807, 2.05) is 18.2 Å². The van der Waals surface area contributed by atoms with Crippen molar-refractivity contribution in [3.05, 3.63) is 30.6 Å². The standard InChI is InChI=1S/C8H4F14O3S.C5H5N/c1-2(9,10)3(11,12)4(13,14)5(15,16)6(17,18)7(19,20)8(21,22)26(23,24)25;1-2-4-6-5-3-1/h1H3,(H,23,24,25);1-5H. The minimum Gasteiger partial charge on any atom is -0.281 e. The second kappa shape index (κ2) is 8.45. The van der Waals surface area contributed by atoms with E-state index in [4.69, 9.17) is 4.55 Å². The van der Waals surface area contributed by atoms with Gasteiger partial charge in [-0.2, -0.15) is 69.9 Å². The second-order valence-corrected chi connectivity index (χ2v) is 7.24. The summed E-state index contributed by atoms with van der Waals surface area (Å²) in [5, 5.41) is -7.60. The molecule has 188 valence electrons. The van der Waals surface area contributed by atoms with Gasteiger partial charge in [-0.05, 0) is 12.1 Å². The molecule has 32 heavy (non-hydrogen) atoms. The Morgan fingerprint density at radius 1 is 0.594 bits per heavy atom. The average molecular weight is 525 g/mol. The molecule has 0 aliphatic rings. The fourth-order valence-corrected chi connectivity index (χ4v) is 1.98. The Morgan fingerprint density at radius 3 is 1.12 bits per heavy atom. The Labute approximate surface area is 169 Å². The molecule has 0 unspecified atom stereocenters. The predicted octanol–water partition coefficient (Wildman–Crippen LogP) is 5.38. The van der Waals surface area contributed by atoms with E-state index in [0.29, 0.717) is 0 Å². The number of aromatic nitrogens is 1. The number of rotatable bonds is 7. The van der Waals surface area contributed by atoms with Crippen LogP contribution in [-0.2, 0) is 10.1 Å². The lowest BCUT2D eigenvalue weighted by Crippen LogP contribution is -2.73. The summed E-state index contributed by atoms with van der Waals surface area (Å²) in [6, 6.07) is 5.72. The van der Waals surface area contributed by atoms with Gasteiger partial charge in [0, 0.05) is 19.3 Å². The van der Waals surface area contributed by atoms with Crippen LogP contribution in [-0.4, -0.2) is 58.7 Å². The molecular weight excluding hydrogens is 516 g/mol. The predicted molar refractivity (Wildman–Crippen MR) is 76.1 cm³/mol. The highest BCUT2D eigenvalue weighted by molar-refractivity contribution is 7.87. The largest absolute Gasteiger partial charge is 0.438 e. The SMILES string of the molecule is CC(F)(F)C(F)(F)C(F)(F)C(F)(F)C(F)(F)C(F)(F)C(F)(F)S(=O)(=O)O.c1ccncc1. The van der Waals surface area contributed by atoms with E-state index in [9.17, 15) is 69.9 Å². The van der Waals surface area contributed by atoms with Crippen LogP contribution in [0.25, 0.3) is 0 Å². The molecule has 1 aromatic heterocycles. The van der Waals surface area contributed by atoms with Gasteiger partial charge < -0.3 is 0 Å². The summed E-state index contributed by atoms with van der Waals surface area (Å²) in [4.78, 5) is 3.78. The summed E-state index contributed by atoms with van der Waals surface area (Å²) in [6.07, 6.45) is 3.50. The van der Waals surface area contributed by atoms with Gasteiger partial charge in [0.05, 0.1) is 0 Å². The molecule has 0 amide bonds. The molecule has 0 fully saturated rings. The van der Waals surface area contributed by atoms with E-state index in [1.165, 1.54) is 0 Å². The van der Waals surface area contributed by atoms with Gasteiger partial charge in [-0.15, -0.1) is 0 Å². The van der Waals surface area contributed by atoms with Crippen LogP contribution in [0.5, 0.6) is 0 Å². The van der Waals surface area contributed by atoms with E-state index >= 15 is 0 Å². The number of nitrogens with zero attached hydrogens (tertiary/aromatic N) is 1. The smallest absolute Gasteiger partial charge is 0.281 e. The molecule has 4 nitrogen and oxygen atoms in total. The lowest BCUT2D eigenvalue weighted by Gasteiger charge is -2.41. The van der Waals surface area contributed by atoms with Crippen LogP contribution in [0.4, 0.5) is 61.5 Å². The number of halogens is 14. The molecule has 0 aliphatic carbocycles.